The van der Waals surface area contributed by atoms with Crippen LogP contribution in [0.25, 0.3) is 11.4 Å². The van der Waals surface area contributed by atoms with Gasteiger partial charge in [0.2, 0.25) is 11.7 Å². The van der Waals surface area contributed by atoms with E-state index in [2.05, 4.69) is 20.8 Å². The van der Waals surface area contributed by atoms with Crippen LogP contribution in [0.15, 0.2) is 47.0 Å². The summed E-state index contributed by atoms with van der Waals surface area (Å²) in [4.78, 5) is 4.23. The van der Waals surface area contributed by atoms with Gasteiger partial charge < -0.3 is 19.9 Å². The molecule has 6 nitrogen and oxygen atoms in total. The van der Waals surface area contributed by atoms with Crippen LogP contribution < -0.4 is 15.4 Å². The topological polar surface area (TPSA) is 72.2 Å². The van der Waals surface area contributed by atoms with Crippen molar-refractivity contribution in [3.05, 3.63) is 60.0 Å². The lowest BCUT2D eigenvalue weighted by atomic mass is 10.2. The van der Waals surface area contributed by atoms with Gasteiger partial charge >= 0.3 is 0 Å². The number of thiocarbonyl (C=S) groups is 1. The molecule has 2 aromatic carbocycles. The lowest BCUT2D eigenvalue weighted by molar-refractivity contribution is 0.376. The first-order chi connectivity index (χ1) is 12.6. The van der Waals surface area contributed by atoms with Crippen molar-refractivity contribution in [2.24, 2.45) is 0 Å². The molecule has 134 valence electrons. The minimum absolute atomic E-state index is 0.0261. The van der Waals surface area contributed by atoms with Gasteiger partial charge in [0.1, 0.15) is 23.1 Å². The number of anilines is 1. The van der Waals surface area contributed by atoms with E-state index in [4.69, 9.17) is 21.5 Å². The maximum Gasteiger partial charge on any atom is 0.246 e. The first-order valence-corrected chi connectivity index (χ1v) is 7.93. The Morgan fingerprint density at radius 2 is 1.85 bits per heavy atom. The number of hydrogen-bond acceptors (Lipinski definition) is 5. The number of nitrogens with one attached hydrogen (secondary N) is 2. The minimum atomic E-state index is -0.742. The Labute approximate surface area is 153 Å². The van der Waals surface area contributed by atoms with Gasteiger partial charge in [-0.1, -0.05) is 11.2 Å². The van der Waals surface area contributed by atoms with E-state index in [1.54, 1.807) is 31.4 Å². The Bertz CT molecular complexity index is 895. The molecule has 0 amide bonds. The van der Waals surface area contributed by atoms with Gasteiger partial charge in [-0.15, -0.1) is 0 Å². The molecule has 9 heteroatoms. The number of halogens is 2. The van der Waals surface area contributed by atoms with Crippen molar-refractivity contribution in [3.8, 4) is 17.1 Å². The van der Waals surface area contributed by atoms with Crippen molar-refractivity contribution in [3.63, 3.8) is 0 Å². The summed E-state index contributed by atoms with van der Waals surface area (Å²) in [6.07, 6.45) is 0. The highest BCUT2D eigenvalue weighted by Crippen LogP contribution is 2.20. The number of nitrogens with zero attached hydrogens (tertiary/aromatic N) is 2. The van der Waals surface area contributed by atoms with Gasteiger partial charge in [-0.05, 0) is 48.6 Å². The second kappa shape index (κ2) is 7.87. The third kappa shape index (κ3) is 4.12. The largest absolute Gasteiger partial charge is 0.497 e. The Morgan fingerprint density at radius 1 is 1.15 bits per heavy atom. The first kappa shape index (κ1) is 17.7. The normalized spacial score (nSPS) is 10.4. The van der Waals surface area contributed by atoms with Gasteiger partial charge in [0.15, 0.2) is 5.11 Å². The van der Waals surface area contributed by atoms with E-state index in [0.717, 1.165) is 23.4 Å². The van der Waals surface area contributed by atoms with Crippen molar-refractivity contribution in [2.45, 2.75) is 6.54 Å². The van der Waals surface area contributed by atoms with Crippen molar-refractivity contribution in [1.29, 1.82) is 0 Å². The standard InChI is InChI=1S/C17H14F2N4O2S/c1-24-11-7-5-10(6-8-11)16-21-14(25-23-16)9-20-17(26)22-15-12(18)3-2-4-13(15)19/h2-8H,9H2,1H3,(H2,20,22,26). The van der Waals surface area contributed by atoms with Crippen LogP contribution in [0.4, 0.5) is 14.5 Å². The minimum Gasteiger partial charge on any atom is -0.497 e. The molecule has 26 heavy (non-hydrogen) atoms. The van der Waals surface area contributed by atoms with Gasteiger partial charge in [-0.3, -0.25) is 0 Å². The lowest BCUT2D eigenvalue weighted by Crippen LogP contribution is -2.28. The molecule has 0 saturated heterocycles. The molecule has 3 rings (SSSR count). The van der Waals surface area contributed by atoms with Crippen LogP contribution in [0, 0.1) is 11.6 Å². The molecule has 0 aliphatic carbocycles. The van der Waals surface area contributed by atoms with E-state index >= 15 is 0 Å². The van der Waals surface area contributed by atoms with Crippen molar-refractivity contribution < 1.29 is 18.0 Å². The fraction of sp³-hybridized carbons (Fsp3) is 0.118. The quantitative estimate of drug-likeness (QED) is 0.660. The van der Waals surface area contributed by atoms with Crippen molar-refractivity contribution >= 4 is 23.0 Å². The molecule has 0 aliphatic heterocycles. The molecule has 1 aromatic heterocycles. The fourth-order valence-corrected chi connectivity index (χ4v) is 2.29. The van der Waals surface area contributed by atoms with Crippen LogP contribution in [-0.2, 0) is 6.54 Å². The molecule has 0 spiro atoms. The molecule has 0 radical (unpaired) electrons. The van der Waals surface area contributed by atoms with Gasteiger partial charge in [0.25, 0.3) is 0 Å². The summed E-state index contributed by atoms with van der Waals surface area (Å²) >= 11 is 5.02. The average molecular weight is 376 g/mol. The summed E-state index contributed by atoms with van der Waals surface area (Å²) in [7, 11) is 1.58. The molecule has 0 bridgehead atoms. The number of para-hydroxylation sites is 1. The Kier molecular flexibility index (Phi) is 5.37. The number of aromatic nitrogens is 2. The maximum absolute atomic E-state index is 13.6. The highest BCUT2D eigenvalue weighted by molar-refractivity contribution is 7.80. The third-order valence-corrected chi connectivity index (χ3v) is 3.66. The van der Waals surface area contributed by atoms with Gasteiger partial charge in [-0.25, -0.2) is 8.78 Å². The maximum atomic E-state index is 13.6. The first-order valence-electron chi connectivity index (χ1n) is 7.52. The van der Waals surface area contributed by atoms with Gasteiger partial charge in [-0.2, -0.15) is 4.98 Å². The molecule has 2 N–H and O–H groups in total. The summed E-state index contributed by atoms with van der Waals surface area (Å²) in [5.41, 5.74) is 0.435. The van der Waals surface area contributed by atoms with Crippen LogP contribution >= 0.6 is 12.2 Å². The van der Waals surface area contributed by atoms with Crippen molar-refractivity contribution in [1.82, 2.24) is 15.5 Å². The monoisotopic (exact) mass is 376 g/mol. The van der Waals surface area contributed by atoms with E-state index in [1.165, 1.54) is 6.07 Å². The summed E-state index contributed by atoms with van der Waals surface area (Å²) in [6.45, 7) is 0.102. The van der Waals surface area contributed by atoms with E-state index in [-0.39, 0.29) is 23.2 Å². The fourth-order valence-electron chi connectivity index (χ4n) is 2.11. The number of benzene rings is 2. The van der Waals surface area contributed by atoms with E-state index < -0.39 is 11.6 Å². The number of hydrogen-bond donors (Lipinski definition) is 2. The highest BCUT2D eigenvalue weighted by Gasteiger charge is 2.12. The second-order valence-corrected chi connectivity index (χ2v) is 5.55. The predicted molar refractivity (Wildman–Crippen MR) is 95.7 cm³/mol. The van der Waals surface area contributed by atoms with E-state index in [1.807, 2.05) is 0 Å². The van der Waals surface area contributed by atoms with Crippen LogP contribution in [0.5, 0.6) is 5.75 Å². The highest BCUT2D eigenvalue weighted by atomic mass is 32.1. The Balaban J connectivity index is 1.60. The molecular weight excluding hydrogens is 362 g/mol. The molecule has 0 unspecified atom stereocenters. The summed E-state index contributed by atoms with van der Waals surface area (Å²) < 4.78 is 37.4. The van der Waals surface area contributed by atoms with Crippen LogP contribution in [0.2, 0.25) is 0 Å². The van der Waals surface area contributed by atoms with E-state index in [9.17, 15) is 8.78 Å². The smallest absolute Gasteiger partial charge is 0.246 e. The zero-order chi connectivity index (χ0) is 18.5. The number of rotatable bonds is 5. The molecule has 0 saturated carbocycles. The second-order valence-electron chi connectivity index (χ2n) is 5.14. The zero-order valence-corrected chi connectivity index (χ0v) is 14.4. The van der Waals surface area contributed by atoms with E-state index in [0.29, 0.717) is 5.82 Å². The Morgan fingerprint density at radius 3 is 2.50 bits per heavy atom. The van der Waals surface area contributed by atoms with Crippen LogP contribution in [0.3, 0.4) is 0 Å². The molecule has 3 aromatic rings. The molecule has 1 heterocycles. The summed E-state index contributed by atoms with van der Waals surface area (Å²) in [5.74, 6) is -0.0872. The molecular formula is C17H14F2N4O2S. The number of ether oxygens (including phenoxy) is 1. The van der Waals surface area contributed by atoms with Gasteiger partial charge in [0.05, 0.1) is 13.7 Å². The molecule has 0 atom stereocenters. The number of methoxy groups -OCH3 is 1. The SMILES string of the molecule is COc1ccc(-c2noc(CNC(=S)Nc3c(F)cccc3F)n2)cc1. The zero-order valence-electron chi connectivity index (χ0n) is 13.6. The van der Waals surface area contributed by atoms with Crippen LogP contribution in [0.1, 0.15) is 5.89 Å². The molecule has 0 aliphatic rings. The van der Waals surface area contributed by atoms with Crippen LogP contribution in [-0.4, -0.2) is 22.4 Å². The summed E-state index contributed by atoms with van der Waals surface area (Å²) in [5, 5.41) is 9.13. The molecule has 0 fully saturated rings. The average Bonchev–Trinajstić information content (AvgIpc) is 3.12. The predicted octanol–water partition coefficient (Wildman–Crippen LogP) is 3.51. The van der Waals surface area contributed by atoms with Gasteiger partial charge in [0, 0.05) is 5.56 Å². The van der Waals surface area contributed by atoms with Crippen molar-refractivity contribution in [2.75, 3.05) is 12.4 Å². The summed E-state index contributed by atoms with van der Waals surface area (Å²) in [6, 6.07) is 10.7. The Hall–Kier alpha value is -3.07. The third-order valence-electron chi connectivity index (χ3n) is 3.42. The lowest BCUT2D eigenvalue weighted by Gasteiger charge is -2.10.